The molecule has 0 N–H and O–H groups in total. The zero-order valence-electron chi connectivity index (χ0n) is 13.1. The average Bonchev–Trinajstić information content (AvgIpc) is 3.05. The molecule has 1 aliphatic carbocycles. The molecule has 1 aromatic rings. The first kappa shape index (κ1) is 16.2. The third-order valence-corrected chi connectivity index (χ3v) is 3.95. The molecular formula is C18H22O4. The Morgan fingerprint density at radius 1 is 1.32 bits per heavy atom. The highest BCUT2D eigenvalue weighted by Gasteiger charge is 2.20. The summed E-state index contributed by atoms with van der Waals surface area (Å²) in [7, 11) is 2.96. The van der Waals surface area contributed by atoms with E-state index >= 15 is 0 Å². The largest absolute Gasteiger partial charge is 0.493 e. The van der Waals surface area contributed by atoms with Gasteiger partial charge in [-0.1, -0.05) is 12.0 Å². The summed E-state index contributed by atoms with van der Waals surface area (Å²) in [4.78, 5) is 11.6. The maximum absolute atomic E-state index is 11.6. The van der Waals surface area contributed by atoms with Gasteiger partial charge in [0.25, 0.3) is 0 Å². The first-order valence-corrected chi connectivity index (χ1v) is 7.55. The Bertz CT molecular complexity index is 553. The fourth-order valence-electron chi connectivity index (χ4n) is 2.71. The summed E-state index contributed by atoms with van der Waals surface area (Å²) in [5, 5.41) is 0. The minimum atomic E-state index is -0.585. The second-order valence-electron chi connectivity index (χ2n) is 5.46. The standard InChI is InChI=1S/C18H22O4/c1-4-14(18(19)21-3)11-13-9-10-16(20-2)17(12-13)22-15-7-5-6-8-15/h1,9-10,12,14-15H,5-8,11H2,2-3H3. The van der Waals surface area contributed by atoms with Crippen molar-refractivity contribution in [2.24, 2.45) is 5.92 Å². The van der Waals surface area contributed by atoms with Gasteiger partial charge in [0.1, 0.15) is 5.92 Å². The molecule has 0 amide bonds. The second kappa shape index (κ2) is 7.74. The summed E-state index contributed by atoms with van der Waals surface area (Å²) in [6.45, 7) is 0. The van der Waals surface area contributed by atoms with E-state index in [2.05, 4.69) is 5.92 Å². The van der Waals surface area contributed by atoms with Crippen LogP contribution in [0.1, 0.15) is 31.2 Å². The molecule has 0 heterocycles. The van der Waals surface area contributed by atoms with Gasteiger partial charge in [-0.05, 0) is 49.8 Å². The number of methoxy groups -OCH3 is 2. The molecular weight excluding hydrogens is 280 g/mol. The number of ether oxygens (including phenoxy) is 3. The van der Waals surface area contributed by atoms with Crippen LogP contribution in [-0.4, -0.2) is 26.3 Å². The lowest BCUT2D eigenvalue weighted by molar-refractivity contribution is -0.143. The van der Waals surface area contributed by atoms with Crippen LogP contribution < -0.4 is 9.47 Å². The van der Waals surface area contributed by atoms with Crippen molar-refractivity contribution in [2.45, 2.75) is 38.2 Å². The zero-order valence-corrected chi connectivity index (χ0v) is 13.1. The van der Waals surface area contributed by atoms with E-state index in [-0.39, 0.29) is 6.10 Å². The summed E-state index contributed by atoms with van der Waals surface area (Å²) >= 11 is 0. The van der Waals surface area contributed by atoms with Crippen molar-refractivity contribution in [1.82, 2.24) is 0 Å². The van der Waals surface area contributed by atoms with Crippen molar-refractivity contribution >= 4 is 5.97 Å². The van der Waals surface area contributed by atoms with Crippen LogP contribution in [0.3, 0.4) is 0 Å². The van der Waals surface area contributed by atoms with Crippen molar-refractivity contribution in [2.75, 3.05) is 14.2 Å². The lowest BCUT2D eigenvalue weighted by atomic mass is 10.00. The van der Waals surface area contributed by atoms with Crippen LogP contribution in [0.4, 0.5) is 0 Å². The number of hydrogen-bond acceptors (Lipinski definition) is 4. The first-order chi connectivity index (χ1) is 10.7. The molecule has 1 aliphatic rings. The molecule has 118 valence electrons. The molecule has 0 spiro atoms. The lowest BCUT2D eigenvalue weighted by Gasteiger charge is -2.17. The van der Waals surface area contributed by atoms with Gasteiger partial charge in [0, 0.05) is 0 Å². The molecule has 4 heteroatoms. The van der Waals surface area contributed by atoms with Crippen LogP contribution in [0.25, 0.3) is 0 Å². The Hall–Kier alpha value is -2.15. The van der Waals surface area contributed by atoms with Gasteiger partial charge >= 0.3 is 5.97 Å². The van der Waals surface area contributed by atoms with Crippen LogP contribution in [0.5, 0.6) is 11.5 Å². The normalized spacial score (nSPS) is 15.9. The molecule has 1 aromatic carbocycles. The predicted octanol–water partition coefficient (Wildman–Crippen LogP) is 2.98. The number of carbonyl (C=O) groups excluding carboxylic acids is 1. The van der Waals surface area contributed by atoms with Gasteiger partial charge in [-0.3, -0.25) is 4.79 Å². The molecule has 22 heavy (non-hydrogen) atoms. The van der Waals surface area contributed by atoms with Gasteiger partial charge in [-0.25, -0.2) is 0 Å². The van der Waals surface area contributed by atoms with Crippen molar-refractivity contribution in [1.29, 1.82) is 0 Å². The van der Waals surface area contributed by atoms with Crippen molar-refractivity contribution in [3.8, 4) is 23.8 Å². The Morgan fingerprint density at radius 3 is 2.64 bits per heavy atom. The quantitative estimate of drug-likeness (QED) is 0.598. The highest BCUT2D eigenvalue weighted by Crippen LogP contribution is 2.33. The highest BCUT2D eigenvalue weighted by molar-refractivity contribution is 5.75. The zero-order chi connectivity index (χ0) is 15.9. The molecule has 0 saturated heterocycles. The van der Waals surface area contributed by atoms with E-state index in [1.54, 1.807) is 7.11 Å². The monoisotopic (exact) mass is 302 g/mol. The fraction of sp³-hybridized carbons (Fsp3) is 0.500. The van der Waals surface area contributed by atoms with E-state index in [0.717, 1.165) is 18.4 Å². The van der Waals surface area contributed by atoms with E-state index < -0.39 is 11.9 Å². The maximum atomic E-state index is 11.6. The van der Waals surface area contributed by atoms with Crippen molar-refractivity contribution < 1.29 is 19.0 Å². The van der Waals surface area contributed by atoms with Crippen LogP contribution in [0.15, 0.2) is 18.2 Å². The number of esters is 1. The van der Waals surface area contributed by atoms with Gasteiger partial charge in [-0.15, -0.1) is 6.42 Å². The predicted molar refractivity (Wildman–Crippen MR) is 83.9 cm³/mol. The third-order valence-electron chi connectivity index (χ3n) is 3.95. The van der Waals surface area contributed by atoms with Crippen LogP contribution in [-0.2, 0) is 16.0 Å². The van der Waals surface area contributed by atoms with Gasteiger partial charge in [0.15, 0.2) is 11.5 Å². The Labute approximate surface area is 131 Å². The molecule has 0 radical (unpaired) electrons. The summed E-state index contributed by atoms with van der Waals surface area (Å²) < 4.78 is 16.1. The van der Waals surface area contributed by atoms with E-state index in [4.69, 9.17) is 20.6 Å². The highest BCUT2D eigenvalue weighted by atomic mass is 16.5. The molecule has 1 unspecified atom stereocenters. The van der Waals surface area contributed by atoms with E-state index in [0.29, 0.717) is 17.9 Å². The molecule has 0 aliphatic heterocycles. The summed E-state index contributed by atoms with van der Waals surface area (Å²) in [6.07, 6.45) is 10.6. The maximum Gasteiger partial charge on any atom is 0.321 e. The number of hydrogen-bond donors (Lipinski definition) is 0. The van der Waals surface area contributed by atoms with E-state index in [9.17, 15) is 4.79 Å². The molecule has 1 atom stereocenters. The average molecular weight is 302 g/mol. The fourth-order valence-corrected chi connectivity index (χ4v) is 2.71. The van der Waals surface area contributed by atoms with E-state index in [1.807, 2.05) is 18.2 Å². The Balaban J connectivity index is 2.15. The van der Waals surface area contributed by atoms with Gasteiger partial charge in [0.2, 0.25) is 0 Å². The van der Waals surface area contributed by atoms with Crippen LogP contribution in [0, 0.1) is 18.3 Å². The van der Waals surface area contributed by atoms with Crippen LogP contribution in [0.2, 0.25) is 0 Å². The molecule has 2 rings (SSSR count). The van der Waals surface area contributed by atoms with E-state index in [1.165, 1.54) is 20.0 Å². The van der Waals surface area contributed by atoms with Gasteiger partial charge in [-0.2, -0.15) is 0 Å². The van der Waals surface area contributed by atoms with Crippen molar-refractivity contribution in [3.05, 3.63) is 23.8 Å². The second-order valence-corrected chi connectivity index (χ2v) is 5.46. The van der Waals surface area contributed by atoms with Crippen LogP contribution >= 0.6 is 0 Å². The molecule has 1 saturated carbocycles. The number of carbonyl (C=O) groups is 1. The number of rotatable bonds is 6. The minimum absolute atomic E-state index is 0.244. The summed E-state index contributed by atoms with van der Waals surface area (Å²) in [6, 6.07) is 5.66. The van der Waals surface area contributed by atoms with Gasteiger partial charge in [0.05, 0.1) is 20.3 Å². The van der Waals surface area contributed by atoms with Gasteiger partial charge < -0.3 is 14.2 Å². The minimum Gasteiger partial charge on any atom is -0.493 e. The molecule has 0 aromatic heterocycles. The Morgan fingerprint density at radius 2 is 2.05 bits per heavy atom. The lowest BCUT2D eigenvalue weighted by Crippen LogP contribution is -2.17. The van der Waals surface area contributed by atoms with Crippen molar-refractivity contribution in [3.63, 3.8) is 0 Å². The molecule has 0 bridgehead atoms. The summed E-state index contributed by atoms with van der Waals surface area (Å²) in [5.41, 5.74) is 0.933. The number of terminal acetylenes is 1. The summed E-state index contributed by atoms with van der Waals surface area (Å²) in [5.74, 6) is 2.91. The number of benzene rings is 1. The SMILES string of the molecule is C#CC(Cc1ccc(OC)c(OC2CCCC2)c1)C(=O)OC. The Kier molecular flexibility index (Phi) is 5.71. The smallest absolute Gasteiger partial charge is 0.321 e. The topological polar surface area (TPSA) is 44.8 Å². The molecule has 4 nitrogen and oxygen atoms in total. The molecule has 1 fully saturated rings. The third kappa shape index (κ3) is 3.94. The first-order valence-electron chi connectivity index (χ1n) is 7.55.